The lowest BCUT2D eigenvalue weighted by molar-refractivity contribution is -0.135. The van der Waals surface area contributed by atoms with Gasteiger partial charge in [-0.15, -0.1) is 11.8 Å². The lowest BCUT2D eigenvalue weighted by Gasteiger charge is -2.34. The molecule has 2 amide bonds. The van der Waals surface area contributed by atoms with Crippen LogP contribution in [0.25, 0.3) is 0 Å². The highest BCUT2D eigenvalue weighted by atomic mass is 35.5. The number of nitrogens with zero attached hydrogens (tertiary/aromatic N) is 1. The van der Waals surface area contributed by atoms with Gasteiger partial charge in [-0.25, -0.2) is 9.18 Å². The van der Waals surface area contributed by atoms with E-state index >= 15 is 4.39 Å². The Balaban J connectivity index is 1.91. The van der Waals surface area contributed by atoms with Crippen molar-refractivity contribution in [1.29, 1.82) is 0 Å². The Labute approximate surface area is 233 Å². The summed E-state index contributed by atoms with van der Waals surface area (Å²) in [6.07, 6.45) is -7.84. The SMILES string of the molecule is CC(C)(C)OC(=O)N[C@H]1CSc2cc(F)c(C(=O)NCCCC(F)(F)F)cc2N(Cc2ccc(Cl)cc2)C1O. The molecule has 3 N–H and O–H groups in total. The molecule has 0 bridgehead atoms. The first kappa shape index (κ1) is 30.8. The number of thioether (sulfide) groups is 1. The van der Waals surface area contributed by atoms with Gasteiger partial charge in [0, 0.05) is 35.2 Å². The molecule has 7 nitrogen and oxygen atoms in total. The molecule has 1 aliphatic rings. The van der Waals surface area contributed by atoms with Crippen molar-refractivity contribution in [2.45, 2.75) is 69.1 Å². The summed E-state index contributed by atoms with van der Waals surface area (Å²) in [5, 5.41) is 16.9. The molecule has 13 heteroatoms. The minimum absolute atomic E-state index is 0.108. The third kappa shape index (κ3) is 9.18. The van der Waals surface area contributed by atoms with Gasteiger partial charge < -0.3 is 25.4 Å². The van der Waals surface area contributed by atoms with Gasteiger partial charge in [-0.2, -0.15) is 13.2 Å². The van der Waals surface area contributed by atoms with E-state index in [0.717, 1.165) is 11.6 Å². The third-order valence-electron chi connectivity index (χ3n) is 5.59. The molecule has 0 spiro atoms. The summed E-state index contributed by atoms with van der Waals surface area (Å²) < 4.78 is 57.6. The predicted molar refractivity (Wildman–Crippen MR) is 142 cm³/mol. The number of aliphatic hydroxyl groups is 1. The largest absolute Gasteiger partial charge is 0.444 e. The highest BCUT2D eigenvalue weighted by Gasteiger charge is 2.35. The van der Waals surface area contributed by atoms with E-state index in [1.165, 1.54) is 22.7 Å². The fraction of sp³-hybridized carbons (Fsp3) is 0.462. The van der Waals surface area contributed by atoms with E-state index in [1.807, 2.05) is 0 Å². The second-order valence-electron chi connectivity index (χ2n) is 10.0. The zero-order valence-electron chi connectivity index (χ0n) is 21.6. The molecule has 0 saturated carbocycles. The van der Waals surface area contributed by atoms with E-state index in [1.54, 1.807) is 45.0 Å². The number of anilines is 1. The number of hydrogen-bond acceptors (Lipinski definition) is 6. The summed E-state index contributed by atoms with van der Waals surface area (Å²) in [6.45, 7) is 4.92. The van der Waals surface area contributed by atoms with Crippen molar-refractivity contribution < 1.29 is 37.0 Å². The van der Waals surface area contributed by atoms with Crippen LogP contribution in [0, 0.1) is 5.82 Å². The predicted octanol–water partition coefficient (Wildman–Crippen LogP) is 5.88. The standard InChI is InChI=1S/C26H30ClF4N3O4S/c1-25(2,3)38-24(37)33-19-14-39-21-12-18(28)17(22(35)32-10-4-9-26(29,30)31)11-20(21)34(23(19)36)13-15-5-7-16(27)8-6-15/h5-8,11-12,19,23,36H,4,9-10,13-14H2,1-3H3,(H,32,35)(H,33,37)/t19-,23?/m0/s1. The molecular formula is C26H30ClF4N3O4S. The number of halogens is 5. The first-order valence-electron chi connectivity index (χ1n) is 12.1. The van der Waals surface area contributed by atoms with Crippen LogP contribution in [-0.4, -0.2) is 53.5 Å². The number of carbonyl (C=O) groups excluding carboxylic acids is 2. The summed E-state index contributed by atoms with van der Waals surface area (Å²) in [4.78, 5) is 27.1. The maximum atomic E-state index is 15.0. The van der Waals surface area contributed by atoms with Crippen molar-refractivity contribution >= 4 is 41.1 Å². The quantitative estimate of drug-likeness (QED) is 0.275. The summed E-state index contributed by atoms with van der Waals surface area (Å²) in [5.74, 6) is -1.59. The van der Waals surface area contributed by atoms with Gasteiger partial charge in [0.1, 0.15) is 17.6 Å². The fourth-order valence-electron chi connectivity index (χ4n) is 3.81. The van der Waals surface area contributed by atoms with Gasteiger partial charge in [0.2, 0.25) is 0 Å². The van der Waals surface area contributed by atoms with Crippen LogP contribution >= 0.6 is 23.4 Å². The smallest absolute Gasteiger partial charge is 0.408 e. The Morgan fingerprint density at radius 3 is 2.46 bits per heavy atom. The van der Waals surface area contributed by atoms with Gasteiger partial charge in [-0.05, 0) is 57.0 Å². The molecule has 0 aromatic heterocycles. The summed E-state index contributed by atoms with van der Waals surface area (Å²) in [7, 11) is 0. The fourth-order valence-corrected chi connectivity index (χ4v) is 5.06. The number of hydrogen-bond donors (Lipinski definition) is 3. The maximum absolute atomic E-state index is 15.0. The van der Waals surface area contributed by atoms with Gasteiger partial charge in [0.05, 0.1) is 17.3 Å². The second-order valence-corrected chi connectivity index (χ2v) is 11.5. The van der Waals surface area contributed by atoms with Gasteiger partial charge in [-0.1, -0.05) is 23.7 Å². The van der Waals surface area contributed by atoms with E-state index in [4.69, 9.17) is 16.3 Å². The maximum Gasteiger partial charge on any atom is 0.408 e. The zero-order valence-corrected chi connectivity index (χ0v) is 23.1. The minimum atomic E-state index is -4.36. The molecule has 2 atom stereocenters. The summed E-state index contributed by atoms with van der Waals surface area (Å²) >= 11 is 7.16. The molecule has 1 heterocycles. The molecule has 214 valence electrons. The number of alkyl halides is 3. The molecule has 1 aliphatic heterocycles. The minimum Gasteiger partial charge on any atom is -0.444 e. The zero-order chi connectivity index (χ0) is 29.0. The number of carbonyl (C=O) groups is 2. The number of rotatable bonds is 7. The topological polar surface area (TPSA) is 90.9 Å². The first-order valence-corrected chi connectivity index (χ1v) is 13.5. The van der Waals surface area contributed by atoms with Crippen molar-refractivity contribution in [3.63, 3.8) is 0 Å². The van der Waals surface area contributed by atoms with Crippen LogP contribution in [0.15, 0.2) is 41.3 Å². The molecule has 0 saturated heterocycles. The van der Waals surface area contributed by atoms with Crippen molar-refractivity contribution in [3.05, 3.63) is 58.4 Å². The Kier molecular flexibility index (Phi) is 10.0. The Morgan fingerprint density at radius 1 is 1.18 bits per heavy atom. The molecule has 3 rings (SSSR count). The van der Waals surface area contributed by atoms with Crippen LogP contribution in [0.3, 0.4) is 0 Å². The molecule has 39 heavy (non-hydrogen) atoms. The van der Waals surface area contributed by atoms with Gasteiger partial charge in [0.15, 0.2) is 0 Å². The molecule has 0 radical (unpaired) electrons. The van der Waals surface area contributed by atoms with Crippen LogP contribution < -0.4 is 15.5 Å². The average Bonchev–Trinajstić information content (AvgIpc) is 2.93. The van der Waals surface area contributed by atoms with Crippen molar-refractivity contribution in [1.82, 2.24) is 10.6 Å². The number of aliphatic hydroxyl groups excluding tert-OH is 1. The molecule has 1 unspecified atom stereocenters. The van der Waals surface area contributed by atoms with Crippen LogP contribution in [0.2, 0.25) is 5.02 Å². The van der Waals surface area contributed by atoms with Crippen molar-refractivity contribution in [2.75, 3.05) is 17.2 Å². The van der Waals surface area contributed by atoms with Gasteiger partial charge in [-0.3, -0.25) is 4.79 Å². The molecule has 0 fully saturated rings. The molecular weight excluding hydrogens is 562 g/mol. The molecule has 2 aromatic rings. The third-order valence-corrected chi connectivity index (χ3v) is 7.01. The lowest BCUT2D eigenvalue weighted by atomic mass is 10.1. The Bertz CT molecular complexity index is 1180. The number of amides is 2. The monoisotopic (exact) mass is 591 g/mol. The number of ether oxygens (including phenoxy) is 1. The van der Waals surface area contributed by atoms with Crippen molar-refractivity contribution in [3.8, 4) is 0 Å². The number of alkyl carbamates (subject to hydrolysis) is 1. The number of benzene rings is 2. The van der Waals surface area contributed by atoms with Crippen LogP contribution in [0.1, 0.15) is 49.5 Å². The molecule has 0 aliphatic carbocycles. The number of fused-ring (bicyclic) bond motifs is 1. The summed E-state index contributed by atoms with van der Waals surface area (Å²) in [6, 6.07) is 8.36. The van der Waals surface area contributed by atoms with Gasteiger partial charge in [0.25, 0.3) is 5.91 Å². The van der Waals surface area contributed by atoms with E-state index in [2.05, 4.69) is 10.6 Å². The van der Waals surface area contributed by atoms with E-state index < -0.39 is 48.3 Å². The van der Waals surface area contributed by atoms with E-state index in [-0.39, 0.29) is 30.8 Å². The number of nitrogens with one attached hydrogen (secondary N) is 2. The lowest BCUT2D eigenvalue weighted by Crippen LogP contribution is -2.53. The summed E-state index contributed by atoms with van der Waals surface area (Å²) in [5.41, 5.74) is -0.106. The normalized spacial score (nSPS) is 17.7. The first-order chi connectivity index (χ1) is 18.1. The highest BCUT2D eigenvalue weighted by molar-refractivity contribution is 7.99. The van der Waals surface area contributed by atoms with Gasteiger partial charge >= 0.3 is 12.3 Å². The molecule has 2 aromatic carbocycles. The van der Waals surface area contributed by atoms with Crippen molar-refractivity contribution in [2.24, 2.45) is 0 Å². The van der Waals surface area contributed by atoms with Crippen LogP contribution in [0.4, 0.5) is 28.0 Å². The highest BCUT2D eigenvalue weighted by Crippen LogP contribution is 2.38. The van der Waals surface area contributed by atoms with E-state index in [0.29, 0.717) is 15.6 Å². The Hall–Kier alpha value is -2.70. The Morgan fingerprint density at radius 2 is 1.85 bits per heavy atom. The van der Waals surface area contributed by atoms with E-state index in [9.17, 15) is 27.9 Å². The second kappa shape index (κ2) is 12.6. The average molecular weight is 592 g/mol. The van der Waals surface area contributed by atoms with Crippen LogP contribution in [0.5, 0.6) is 0 Å². The van der Waals surface area contributed by atoms with Crippen LogP contribution in [-0.2, 0) is 11.3 Å².